The zero-order valence-corrected chi connectivity index (χ0v) is 16.3. The number of hydrogen-bond acceptors (Lipinski definition) is 3. The Labute approximate surface area is 164 Å². The van der Waals surface area contributed by atoms with Gasteiger partial charge in [0.05, 0.1) is 12.2 Å². The number of hydrogen-bond donors (Lipinski definition) is 2. The van der Waals surface area contributed by atoms with Gasteiger partial charge in [-0.2, -0.15) is 0 Å². The van der Waals surface area contributed by atoms with Gasteiger partial charge in [0.2, 0.25) is 0 Å². The highest BCUT2D eigenvalue weighted by molar-refractivity contribution is 5.95. The Morgan fingerprint density at radius 3 is 2.68 bits per heavy atom. The highest BCUT2D eigenvalue weighted by Gasteiger charge is 2.48. The zero-order valence-electron chi connectivity index (χ0n) is 16.3. The molecule has 2 fully saturated rings. The molecule has 6 nitrogen and oxygen atoms in total. The van der Waals surface area contributed by atoms with Gasteiger partial charge in [-0.15, -0.1) is 0 Å². The van der Waals surface area contributed by atoms with Crippen LogP contribution in [0.5, 0.6) is 0 Å². The average Bonchev–Trinajstić information content (AvgIpc) is 3.23. The number of halogens is 1. The van der Waals surface area contributed by atoms with Crippen LogP contribution >= 0.6 is 0 Å². The van der Waals surface area contributed by atoms with E-state index in [1.54, 1.807) is 11.0 Å². The number of fused-ring (bicyclic) bond motifs is 2. The third-order valence-electron chi connectivity index (χ3n) is 6.80. The topological polar surface area (TPSA) is 72.9 Å². The maximum Gasteiger partial charge on any atom is 0.322 e. The molecule has 2 saturated carbocycles. The van der Waals surface area contributed by atoms with Gasteiger partial charge in [0.15, 0.2) is 0 Å². The number of amides is 2. The highest BCUT2D eigenvalue weighted by atomic mass is 19.1. The molecule has 1 spiro atoms. The number of carbonyl (C=O) groups excluding carboxylic acids is 1. The van der Waals surface area contributed by atoms with E-state index < -0.39 is 5.97 Å². The third kappa shape index (κ3) is 3.26. The largest absolute Gasteiger partial charge is 0.480 e. The lowest BCUT2D eigenvalue weighted by Crippen LogP contribution is -2.57. The molecule has 0 aromatic heterocycles. The van der Waals surface area contributed by atoms with Gasteiger partial charge in [-0.25, -0.2) is 9.18 Å². The van der Waals surface area contributed by atoms with Crippen molar-refractivity contribution in [3.63, 3.8) is 0 Å². The predicted octanol–water partition coefficient (Wildman–Crippen LogP) is 3.10. The summed E-state index contributed by atoms with van der Waals surface area (Å²) in [5, 5.41) is 12.0. The Balaban J connectivity index is 1.42. The summed E-state index contributed by atoms with van der Waals surface area (Å²) in [5.41, 5.74) is 1.32. The second kappa shape index (κ2) is 7.35. The van der Waals surface area contributed by atoms with Gasteiger partial charge in [0.1, 0.15) is 5.82 Å². The van der Waals surface area contributed by atoms with Gasteiger partial charge in [0, 0.05) is 24.0 Å². The highest BCUT2D eigenvalue weighted by Crippen LogP contribution is 2.51. The molecule has 3 aliphatic rings. The lowest BCUT2D eigenvalue weighted by molar-refractivity contribution is -0.139. The Kier molecular flexibility index (Phi) is 5.04. The molecule has 7 heteroatoms. The number of carboxylic acid groups (broad SMARTS) is 1. The van der Waals surface area contributed by atoms with Crippen molar-refractivity contribution in [2.24, 2.45) is 0 Å². The number of urea groups is 1. The fraction of sp³-hybridized carbons (Fsp3) is 0.619. The molecule has 2 aliphatic carbocycles. The molecule has 2 N–H and O–H groups in total. The van der Waals surface area contributed by atoms with Crippen LogP contribution in [0.3, 0.4) is 0 Å². The van der Waals surface area contributed by atoms with E-state index in [4.69, 9.17) is 5.11 Å². The minimum atomic E-state index is -0.833. The molecular weight excluding hydrogens is 361 g/mol. The number of anilines is 1. The molecule has 2 amide bonds. The quantitative estimate of drug-likeness (QED) is 0.812. The summed E-state index contributed by atoms with van der Waals surface area (Å²) in [5.74, 6) is -1.16. The van der Waals surface area contributed by atoms with Crippen molar-refractivity contribution >= 4 is 17.7 Å². The van der Waals surface area contributed by atoms with Crippen LogP contribution in [0.4, 0.5) is 14.9 Å². The number of aliphatic carboxylic acids is 1. The SMILES string of the molecule is CCN(CC(=O)O)C1CC(NC(=O)N2CC3(CCCC3)c3cccc(F)c32)C1. The molecule has 0 bridgehead atoms. The summed E-state index contributed by atoms with van der Waals surface area (Å²) >= 11 is 0. The molecule has 0 atom stereocenters. The van der Waals surface area contributed by atoms with E-state index in [9.17, 15) is 14.0 Å². The molecule has 1 aliphatic heterocycles. The van der Waals surface area contributed by atoms with E-state index in [1.165, 1.54) is 6.07 Å². The molecular formula is C21H28FN3O3. The molecule has 1 aromatic rings. The number of carboxylic acids is 1. The van der Waals surface area contributed by atoms with Gasteiger partial charge < -0.3 is 10.4 Å². The molecule has 0 radical (unpaired) electrons. The molecule has 152 valence electrons. The monoisotopic (exact) mass is 389 g/mol. The molecule has 4 rings (SSSR count). The molecule has 1 heterocycles. The zero-order chi connectivity index (χ0) is 19.9. The van der Waals surface area contributed by atoms with Gasteiger partial charge in [-0.1, -0.05) is 31.9 Å². The van der Waals surface area contributed by atoms with Crippen molar-refractivity contribution < 1.29 is 19.1 Å². The summed E-state index contributed by atoms with van der Waals surface area (Å²) in [4.78, 5) is 27.4. The summed E-state index contributed by atoms with van der Waals surface area (Å²) in [6.45, 7) is 3.19. The Bertz CT molecular complexity index is 772. The van der Waals surface area contributed by atoms with Crippen LogP contribution in [0.2, 0.25) is 0 Å². The second-order valence-corrected chi connectivity index (χ2v) is 8.44. The van der Waals surface area contributed by atoms with Gasteiger partial charge in [-0.3, -0.25) is 14.6 Å². The minimum absolute atomic E-state index is 0.00990. The van der Waals surface area contributed by atoms with Crippen LogP contribution in [0, 0.1) is 5.82 Å². The number of nitrogens with one attached hydrogen (secondary N) is 1. The first-order valence-electron chi connectivity index (χ1n) is 10.3. The number of carbonyl (C=O) groups is 2. The minimum Gasteiger partial charge on any atom is -0.480 e. The first-order chi connectivity index (χ1) is 13.4. The summed E-state index contributed by atoms with van der Waals surface area (Å²) in [6, 6.07) is 5.10. The van der Waals surface area contributed by atoms with Gasteiger partial charge in [0.25, 0.3) is 0 Å². The maximum atomic E-state index is 14.6. The van der Waals surface area contributed by atoms with Crippen molar-refractivity contribution in [1.82, 2.24) is 10.2 Å². The van der Waals surface area contributed by atoms with Crippen molar-refractivity contribution in [3.05, 3.63) is 29.6 Å². The third-order valence-corrected chi connectivity index (χ3v) is 6.80. The van der Waals surface area contributed by atoms with Crippen molar-refractivity contribution in [1.29, 1.82) is 0 Å². The Hall–Kier alpha value is -2.15. The van der Waals surface area contributed by atoms with E-state index in [0.29, 0.717) is 18.8 Å². The summed E-state index contributed by atoms with van der Waals surface area (Å²) in [7, 11) is 0. The van der Waals surface area contributed by atoms with Crippen LogP contribution in [0.15, 0.2) is 18.2 Å². The van der Waals surface area contributed by atoms with Crippen molar-refractivity contribution in [3.8, 4) is 0 Å². The number of benzene rings is 1. The normalized spacial score (nSPS) is 25.0. The van der Waals surface area contributed by atoms with Crippen LogP contribution in [-0.4, -0.2) is 53.7 Å². The van der Waals surface area contributed by atoms with Crippen LogP contribution in [0.25, 0.3) is 0 Å². The number of nitrogens with zero attached hydrogens (tertiary/aromatic N) is 2. The van der Waals surface area contributed by atoms with Crippen molar-refractivity contribution in [2.45, 2.75) is 62.9 Å². The number of rotatable bonds is 5. The number of likely N-dealkylation sites (N-methyl/N-ethyl adjacent to an activating group) is 1. The van der Waals surface area contributed by atoms with E-state index in [0.717, 1.165) is 44.1 Å². The lowest BCUT2D eigenvalue weighted by atomic mass is 9.81. The van der Waals surface area contributed by atoms with Crippen LogP contribution in [-0.2, 0) is 10.2 Å². The second-order valence-electron chi connectivity index (χ2n) is 8.44. The average molecular weight is 389 g/mol. The van der Waals surface area contributed by atoms with Crippen LogP contribution < -0.4 is 10.2 Å². The van der Waals surface area contributed by atoms with E-state index >= 15 is 0 Å². The summed E-state index contributed by atoms with van der Waals surface area (Å²) in [6.07, 6.45) is 5.70. The standard InChI is InChI=1S/C21H28FN3O3/c1-2-24(12-18(26)27)15-10-14(11-15)23-20(28)25-13-21(8-3-4-9-21)16-6-5-7-17(22)19(16)25/h5-7,14-15H,2-4,8-13H2,1H3,(H,23,28)(H,26,27). The van der Waals surface area contributed by atoms with E-state index in [-0.39, 0.29) is 35.9 Å². The van der Waals surface area contributed by atoms with Gasteiger partial charge >= 0.3 is 12.0 Å². The smallest absolute Gasteiger partial charge is 0.322 e. The first kappa shape index (κ1) is 19.2. The molecule has 0 unspecified atom stereocenters. The maximum absolute atomic E-state index is 14.6. The van der Waals surface area contributed by atoms with Crippen LogP contribution in [0.1, 0.15) is 51.0 Å². The fourth-order valence-electron chi connectivity index (χ4n) is 5.27. The Morgan fingerprint density at radius 2 is 2.04 bits per heavy atom. The molecule has 1 aromatic carbocycles. The lowest BCUT2D eigenvalue weighted by Gasteiger charge is -2.42. The first-order valence-corrected chi connectivity index (χ1v) is 10.3. The predicted molar refractivity (Wildman–Crippen MR) is 104 cm³/mol. The molecule has 28 heavy (non-hydrogen) atoms. The molecule has 0 saturated heterocycles. The Morgan fingerprint density at radius 1 is 1.32 bits per heavy atom. The fourth-order valence-corrected chi connectivity index (χ4v) is 5.27. The summed E-state index contributed by atoms with van der Waals surface area (Å²) < 4.78 is 14.6. The van der Waals surface area contributed by atoms with E-state index in [1.807, 2.05) is 17.9 Å². The van der Waals surface area contributed by atoms with E-state index in [2.05, 4.69) is 5.32 Å². The number of para-hydroxylation sites is 1. The van der Waals surface area contributed by atoms with Gasteiger partial charge in [-0.05, 0) is 43.9 Å². The van der Waals surface area contributed by atoms with Crippen molar-refractivity contribution in [2.75, 3.05) is 24.5 Å².